The molecule has 2 aliphatic heterocycles. The summed E-state index contributed by atoms with van der Waals surface area (Å²) >= 11 is 0. The van der Waals surface area contributed by atoms with E-state index in [4.69, 9.17) is 5.73 Å². The van der Waals surface area contributed by atoms with Crippen molar-refractivity contribution in [2.24, 2.45) is 5.73 Å². The summed E-state index contributed by atoms with van der Waals surface area (Å²) in [6.07, 6.45) is 10.2. The first-order valence-corrected chi connectivity index (χ1v) is 8.47. The highest BCUT2D eigenvalue weighted by molar-refractivity contribution is 5.77. The van der Waals surface area contributed by atoms with Gasteiger partial charge in [-0.05, 0) is 45.2 Å². The van der Waals surface area contributed by atoms with Gasteiger partial charge in [-0.2, -0.15) is 0 Å². The lowest BCUT2D eigenvalue weighted by Crippen LogP contribution is -2.45. The Bertz CT molecular complexity index is 346. The summed E-state index contributed by atoms with van der Waals surface area (Å²) in [5.41, 5.74) is 6.15. The molecule has 0 aromatic heterocycles. The van der Waals surface area contributed by atoms with Gasteiger partial charge in [0.05, 0.1) is 0 Å². The van der Waals surface area contributed by atoms with E-state index in [9.17, 15) is 4.79 Å². The van der Waals surface area contributed by atoms with Crippen LogP contribution in [0.1, 0.15) is 57.8 Å². The number of likely N-dealkylation sites (tertiary alicyclic amines) is 2. The van der Waals surface area contributed by atoms with Crippen molar-refractivity contribution in [3.05, 3.63) is 0 Å². The summed E-state index contributed by atoms with van der Waals surface area (Å²) in [5.74, 6) is 0.300. The number of nitrogens with two attached hydrogens (primary N) is 1. The standard InChI is InChI=1S/C16H29N3O/c17-16(7-2-3-8-16)12-15(20)19-11-6-14(13-19)18-9-4-1-5-10-18/h14H,1-13,17H2. The third-order valence-corrected chi connectivity index (χ3v) is 5.53. The van der Waals surface area contributed by atoms with Gasteiger partial charge in [0.15, 0.2) is 0 Å². The van der Waals surface area contributed by atoms with Crippen molar-refractivity contribution in [3.63, 3.8) is 0 Å². The fourth-order valence-corrected chi connectivity index (χ4v) is 4.22. The minimum atomic E-state index is -0.194. The molecular formula is C16H29N3O. The maximum absolute atomic E-state index is 12.5. The fraction of sp³-hybridized carbons (Fsp3) is 0.938. The largest absolute Gasteiger partial charge is 0.341 e. The van der Waals surface area contributed by atoms with Crippen molar-refractivity contribution in [1.29, 1.82) is 0 Å². The summed E-state index contributed by atoms with van der Waals surface area (Å²) in [5, 5.41) is 0. The smallest absolute Gasteiger partial charge is 0.224 e. The highest BCUT2D eigenvalue weighted by atomic mass is 16.2. The van der Waals surface area contributed by atoms with Crippen molar-refractivity contribution in [2.75, 3.05) is 26.2 Å². The Morgan fingerprint density at radius 1 is 1.05 bits per heavy atom. The van der Waals surface area contributed by atoms with E-state index in [-0.39, 0.29) is 5.54 Å². The predicted octanol–water partition coefficient (Wildman–Crippen LogP) is 1.73. The molecular weight excluding hydrogens is 250 g/mol. The van der Waals surface area contributed by atoms with Gasteiger partial charge in [0, 0.05) is 31.1 Å². The molecule has 4 nitrogen and oxygen atoms in total. The average Bonchev–Trinajstić information content (AvgIpc) is 3.09. The van der Waals surface area contributed by atoms with Crippen molar-refractivity contribution in [3.8, 4) is 0 Å². The summed E-state index contributed by atoms with van der Waals surface area (Å²) in [6.45, 7) is 4.34. The zero-order valence-corrected chi connectivity index (χ0v) is 12.6. The van der Waals surface area contributed by atoms with Gasteiger partial charge in [0.1, 0.15) is 0 Å². The SMILES string of the molecule is NC1(CC(=O)N2CCC(N3CCCCC3)C2)CCCC1. The zero-order chi connectivity index (χ0) is 14.0. The van der Waals surface area contributed by atoms with Crippen LogP contribution in [-0.2, 0) is 4.79 Å². The van der Waals surface area contributed by atoms with Gasteiger partial charge in [-0.25, -0.2) is 0 Å². The molecule has 0 aromatic rings. The molecule has 3 rings (SSSR count). The molecule has 4 heteroatoms. The highest BCUT2D eigenvalue weighted by Gasteiger charge is 2.36. The lowest BCUT2D eigenvalue weighted by molar-refractivity contribution is -0.131. The third-order valence-electron chi connectivity index (χ3n) is 5.53. The molecule has 0 aromatic carbocycles. The second-order valence-corrected chi connectivity index (χ2v) is 7.13. The summed E-state index contributed by atoms with van der Waals surface area (Å²) in [7, 11) is 0. The van der Waals surface area contributed by atoms with E-state index in [1.807, 2.05) is 0 Å². The molecule has 1 unspecified atom stereocenters. The van der Waals surface area contributed by atoms with E-state index in [2.05, 4.69) is 9.80 Å². The van der Waals surface area contributed by atoms with Gasteiger partial charge in [0.2, 0.25) is 5.91 Å². The second kappa shape index (κ2) is 6.02. The fourth-order valence-electron chi connectivity index (χ4n) is 4.22. The molecule has 2 saturated heterocycles. The number of carbonyl (C=O) groups is 1. The van der Waals surface area contributed by atoms with Crippen LogP contribution in [0.5, 0.6) is 0 Å². The molecule has 1 amide bonds. The van der Waals surface area contributed by atoms with Crippen LogP contribution in [0, 0.1) is 0 Å². The van der Waals surface area contributed by atoms with E-state index >= 15 is 0 Å². The van der Waals surface area contributed by atoms with Crippen LogP contribution < -0.4 is 5.73 Å². The number of hydrogen-bond donors (Lipinski definition) is 1. The van der Waals surface area contributed by atoms with E-state index < -0.39 is 0 Å². The lowest BCUT2D eigenvalue weighted by Gasteiger charge is -2.32. The minimum absolute atomic E-state index is 0.194. The molecule has 3 aliphatic rings. The first-order chi connectivity index (χ1) is 9.66. The van der Waals surface area contributed by atoms with Gasteiger partial charge in [-0.15, -0.1) is 0 Å². The molecule has 3 fully saturated rings. The lowest BCUT2D eigenvalue weighted by atomic mass is 9.94. The van der Waals surface area contributed by atoms with Crippen molar-refractivity contribution >= 4 is 5.91 Å². The Morgan fingerprint density at radius 3 is 2.45 bits per heavy atom. The molecule has 0 bridgehead atoms. The number of hydrogen-bond acceptors (Lipinski definition) is 3. The summed E-state index contributed by atoms with van der Waals surface area (Å²) in [4.78, 5) is 17.1. The monoisotopic (exact) mass is 279 g/mol. The van der Waals surface area contributed by atoms with Gasteiger partial charge in [0.25, 0.3) is 0 Å². The van der Waals surface area contributed by atoms with Gasteiger partial charge in [-0.3, -0.25) is 9.69 Å². The normalized spacial score (nSPS) is 30.9. The van der Waals surface area contributed by atoms with E-state index in [0.29, 0.717) is 18.4 Å². The number of piperidine rings is 1. The van der Waals surface area contributed by atoms with Crippen molar-refractivity contribution in [1.82, 2.24) is 9.80 Å². The Morgan fingerprint density at radius 2 is 1.75 bits per heavy atom. The number of nitrogens with zero attached hydrogens (tertiary/aromatic N) is 2. The van der Waals surface area contributed by atoms with E-state index in [1.54, 1.807) is 0 Å². The van der Waals surface area contributed by atoms with Crippen molar-refractivity contribution < 1.29 is 4.79 Å². The Kier molecular flexibility index (Phi) is 4.32. The Labute approximate surface area is 122 Å². The first-order valence-electron chi connectivity index (χ1n) is 8.47. The van der Waals surface area contributed by atoms with Crippen LogP contribution >= 0.6 is 0 Å². The predicted molar refractivity (Wildman–Crippen MR) is 80.4 cm³/mol. The molecule has 20 heavy (non-hydrogen) atoms. The maximum atomic E-state index is 12.5. The Balaban J connectivity index is 1.50. The first kappa shape index (κ1) is 14.3. The number of rotatable bonds is 3. The number of carbonyl (C=O) groups excluding carboxylic acids is 1. The molecule has 1 atom stereocenters. The van der Waals surface area contributed by atoms with E-state index in [1.165, 1.54) is 45.2 Å². The zero-order valence-electron chi connectivity index (χ0n) is 12.6. The van der Waals surface area contributed by atoms with Crippen LogP contribution in [0.25, 0.3) is 0 Å². The highest BCUT2D eigenvalue weighted by Crippen LogP contribution is 2.31. The summed E-state index contributed by atoms with van der Waals surface area (Å²) < 4.78 is 0. The quantitative estimate of drug-likeness (QED) is 0.856. The van der Waals surface area contributed by atoms with Crippen LogP contribution in [0.2, 0.25) is 0 Å². The molecule has 114 valence electrons. The minimum Gasteiger partial charge on any atom is -0.341 e. The summed E-state index contributed by atoms with van der Waals surface area (Å²) in [6, 6.07) is 0.608. The van der Waals surface area contributed by atoms with Gasteiger partial charge in [-0.1, -0.05) is 19.3 Å². The van der Waals surface area contributed by atoms with Crippen LogP contribution in [0.15, 0.2) is 0 Å². The van der Waals surface area contributed by atoms with Crippen molar-refractivity contribution in [2.45, 2.75) is 69.4 Å². The number of amides is 1. The van der Waals surface area contributed by atoms with Crippen LogP contribution in [0.4, 0.5) is 0 Å². The maximum Gasteiger partial charge on any atom is 0.224 e. The second-order valence-electron chi connectivity index (χ2n) is 7.13. The molecule has 2 N–H and O–H groups in total. The topological polar surface area (TPSA) is 49.6 Å². The average molecular weight is 279 g/mol. The van der Waals surface area contributed by atoms with Gasteiger partial charge < -0.3 is 10.6 Å². The molecule has 1 saturated carbocycles. The molecule has 0 spiro atoms. The molecule has 2 heterocycles. The van der Waals surface area contributed by atoms with Gasteiger partial charge >= 0.3 is 0 Å². The van der Waals surface area contributed by atoms with Crippen LogP contribution in [-0.4, -0.2) is 53.5 Å². The third kappa shape index (κ3) is 3.17. The molecule has 0 radical (unpaired) electrons. The molecule has 1 aliphatic carbocycles. The van der Waals surface area contributed by atoms with Crippen LogP contribution in [0.3, 0.4) is 0 Å². The Hall–Kier alpha value is -0.610. The van der Waals surface area contributed by atoms with E-state index in [0.717, 1.165) is 32.4 Å².